The lowest BCUT2D eigenvalue weighted by Crippen LogP contribution is -2.41. The van der Waals surface area contributed by atoms with Crippen molar-refractivity contribution in [2.75, 3.05) is 6.54 Å². The summed E-state index contributed by atoms with van der Waals surface area (Å²) in [5.74, 6) is 0.302. The Kier molecular flexibility index (Phi) is 3.79. The molecule has 0 fully saturated rings. The van der Waals surface area contributed by atoms with Crippen molar-refractivity contribution in [3.63, 3.8) is 0 Å². The van der Waals surface area contributed by atoms with Crippen LogP contribution in [0.15, 0.2) is 24.3 Å². The molecule has 0 saturated carbocycles. The van der Waals surface area contributed by atoms with Crippen molar-refractivity contribution < 1.29 is 0 Å². The average Bonchev–Trinajstić information content (AvgIpc) is 2.35. The Morgan fingerprint density at radius 3 is 2.76 bits per heavy atom. The molecule has 0 bridgehead atoms. The topological polar surface area (TPSA) is 53.1 Å². The van der Waals surface area contributed by atoms with Crippen LogP contribution < -0.4 is 5.73 Å². The highest BCUT2D eigenvalue weighted by Crippen LogP contribution is 2.22. The van der Waals surface area contributed by atoms with Gasteiger partial charge in [-0.3, -0.25) is 10.3 Å². The molecule has 3 heteroatoms. The van der Waals surface area contributed by atoms with Crippen molar-refractivity contribution >= 4 is 5.84 Å². The molecule has 0 aliphatic carbocycles. The summed E-state index contributed by atoms with van der Waals surface area (Å²) in [6, 6.07) is 9.07. The minimum atomic E-state index is 0.302. The summed E-state index contributed by atoms with van der Waals surface area (Å²) in [6.07, 6.45) is 2.87. The van der Waals surface area contributed by atoms with Crippen molar-refractivity contribution in [3.8, 4) is 0 Å². The van der Waals surface area contributed by atoms with Crippen LogP contribution in [0.1, 0.15) is 30.9 Å². The summed E-state index contributed by atoms with van der Waals surface area (Å²) in [6.45, 7) is 4.26. The van der Waals surface area contributed by atoms with Gasteiger partial charge in [0.25, 0.3) is 0 Å². The number of nitrogens with zero attached hydrogens (tertiary/aromatic N) is 1. The third-order valence-corrected chi connectivity index (χ3v) is 3.60. The lowest BCUT2D eigenvalue weighted by Gasteiger charge is -2.35. The number of amidine groups is 1. The number of hydrogen-bond donors (Lipinski definition) is 2. The first kappa shape index (κ1) is 12.1. The zero-order chi connectivity index (χ0) is 12.3. The summed E-state index contributed by atoms with van der Waals surface area (Å²) in [5.41, 5.74) is 8.43. The van der Waals surface area contributed by atoms with Crippen LogP contribution in [0.2, 0.25) is 0 Å². The standard InChI is InChI=1S/C14H21N3/c1-2-13(9-14(15)16)17-8-7-11-5-3-4-6-12(11)10-17/h3-6,13H,2,7-10H2,1H3,(H3,15,16). The van der Waals surface area contributed by atoms with Crippen molar-refractivity contribution in [1.29, 1.82) is 5.41 Å². The summed E-state index contributed by atoms with van der Waals surface area (Å²) < 4.78 is 0. The quantitative estimate of drug-likeness (QED) is 0.616. The van der Waals surface area contributed by atoms with Gasteiger partial charge in [0.2, 0.25) is 0 Å². The minimum absolute atomic E-state index is 0.302. The Labute approximate surface area is 103 Å². The maximum absolute atomic E-state index is 7.44. The van der Waals surface area contributed by atoms with E-state index in [1.165, 1.54) is 11.1 Å². The molecule has 1 aromatic carbocycles. The van der Waals surface area contributed by atoms with Crippen LogP contribution >= 0.6 is 0 Å². The molecule has 0 saturated heterocycles. The van der Waals surface area contributed by atoms with Gasteiger partial charge in [-0.15, -0.1) is 0 Å². The molecule has 0 aromatic heterocycles. The zero-order valence-electron chi connectivity index (χ0n) is 10.4. The van der Waals surface area contributed by atoms with E-state index in [4.69, 9.17) is 11.1 Å². The first-order valence-electron chi connectivity index (χ1n) is 6.34. The van der Waals surface area contributed by atoms with Gasteiger partial charge in [0.1, 0.15) is 0 Å². The largest absolute Gasteiger partial charge is 0.388 e. The second kappa shape index (κ2) is 5.32. The second-order valence-electron chi connectivity index (χ2n) is 4.78. The summed E-state index contributed by atoms with van der Waals surface area (Å²) >= 11 is 0. The summed E-state index contributed by atoms with van der Waals surface area (Å²) in [5, 5.41) is 7.44. The van der Waals surface area contributed by atoms with Gasteiger partial charge in [-0.1, -0.05) is 31.2 Å². The molecule has 0 spiro atoms. The molecule has 92 valence electrons. The van der Waals surface area contributed by atoms with Gasteiger partial charge in [0.05, 0.1) is 5.84 Å². The fraction of sp³-hybridized carbons (Fsp3) is 0.500. The van der Waals surface area contributed by atoms with Crippen LogP contribution in [0.3, 0.4) is 0 Å². The van der Waals surface area contributed by atoms with Crippen molar-refractivity contribution in [2.45, 2.75) is 38.8 Å². The maximum atomic E-state index is 7.44. The number of benzene rings is 1. The molecule has 1 aliphatic heterocycles. The van der Waals surface area contributed by atoms with Crippen LogP contribution in [-0.2, 0) is 13.0 Å². The Morgan fingerprint density at radius 1 is 1.41 bits per heavy atom. The van der Waals surface area contributed by atoms with Gasteiger partial charge in [0.15, 0.2) is 0 Å². The number of nitrogens with two attached hydrogens (primary N) is 1. The third kappa shape index (κ3) is 2.86. The van der Waals surface area contributed by atoms with Gasteiger partial charge in [-0.05, 0) is 24.0 Å². The van der Waals surface area contributed by atoms with Crippen LogP contribution in [0.5, 0.6) is 0 Å². The highest BCUT2D eigenvalue weighted by atomic mass is 15.2. The van der Waals surface area contributed by atoms with Gasteiger partial charge in [-0.2, -0.15) is 0 Å². The molecule has 1 aromatic rings. The smallest absolute Gasteiger partial charge is 0.0921 e. The third-order valence-electron chi connectivity index (χ3n) is 3.60. The van der Waals surface area contributed by atoms with E-state index in [0.717, 1.165) is 25.9 Å². The van der Waals surface area contributed by atoms with E-state index in [0.29, 0.717) is 18.3 Å². The Hall–Kier alpha value is -1.35. The Balaban J connectivity index is 2.08. The van der Waals surface area contributed by atoms with Crippen molar-refractivity contribution in [1.82, 2.24) is 4.90 Å². The van der Waals surface area contributed by atoms with E-state index < -0.39 is 0 Å². The number of rotatable bonds is 4. The number of fused-ring (bicyclic) bond motifs is 1. The van der Waals surface area contributed by atoms with Crippen LogP contribution in [0.4, 0.5) is 0 Å². The van der Waals surface area contributed by atoms with Crippen LogP contribution in [-0.4, -0.2) is 23.3 Å². The number of nitrogens with one attached hydrogen (secondary N) is 1. The molecule has 2 rings (SSSR count). The summed E-state index contributed by atoms with van der Waals surface area (Å²) in [4.78, 5) is 2.46. The average molecular weight is 231 g/mol. The first-order chi connectivity index (χ1) is 8.20. The van der Waals surface area contributed by atoms with E-state index in [2.05, 4.69) is 36.1 Å². The molecule has 0 radical (unpaired) electrons. The lowest BCUT2D eigenvalue weighted by molar-refractivity contribution is 0.177. The molecule has 1 atom stereocenters. The van der Waals surface area contributed by atoms with Crippen molar-refractivity contribution in [2.24, 2.45) is 5.73 Å². The van der Waals surface area contributed by atoms with Gasteiger partial charge < -0.3 is 5.73 Å². The van der Waals surface area contributed by atoms with E-state index in [1.54, 1.807) is 0 Å². The highest BCUT2D eigenvalue weighted by Gasteiger charge is 2.22. The van der Waals surface area contributed by atoms with E-state index in [9.17, 15) is 0 Å². The van der Waals surface area contributed by atoms with Gasteiger partial charge in [0, 0.05) is 25.6 Å². The second-order valence-corrected chi connectivity index (χ2v) is 4.78. The minimum Gasteiger partial charge on any atom is -0.388 e. The first-order valence-corrected chi connectivity index (χ1v) is 6.34. The fourth-order valence-electron chi connectivity index (χ4n) is 2.61. The molecule has 3 nitrogen and oxygen atoms in total. The molecule has 3 N–H and O–H groups in total. The lowest BCUT2D eigenvalue weighted by atomic mass is 9.97. The van der Waals surface area contributed by atoms with Crippen molar-refractivity contribution in [3.05, 3.63) is 35.4 Å². The Bertz CT molecular complexity index is 400. The number of hydrogen-bond acceptors (Lipinski definition) is 2. The predicted molar refractivity (Wildman–Crippen MR) is 71.2 cm³/mol. The molecule has 17 heavy (non-hydrogen) atoms. The molecule has 1 aliphatic rings. The monoisotopic (exact) mass is 231 g/mol. The van der Waals surface area contributed by atoms with E-state index >= 15 is 0 Å². The highest BCUT2D eigenvalue weighted by molar-refractivity contribution is 5.77. The Morgan fingerprint density at radius 2 is 2.12 bits per heavy atom. The zero-order valence-corrected chi connectivity index (χ0v) is 10.4. The van der Waals surface area contributed by atoms with Gasteiger partial charge >= 0.3 is 0 Å². The van der Waals surface area contributed by atoms with Crippen LogP contribution in [0.25, 0.3) is 0 Å². The predicted octanol–water partition coefficient (Wildman–Crippen LogP) is 2.15. The molecule has 1 heterocycles. The fourth-order valence-corrected chi connectivity index (χ4v) is 2.61. The normalized spacial score (nSPS) is 17.5. The van der Waals surface area contributed by atoms with E-state index in [1.807, 2.05) is 0 Å². The SMILES string of the molecule is CCC(CC(=N)N)N1CCc2ccccc2C1. The molecule has 1 unspecified atom stereocenters. The van der Waals surface area contributed by atoms with Crippen LogP contribution in [0, 0.1) is 5.41 Å². The molecular weight excluding hydrogens is 210 g/mol. The van der Waals surface area contributed by atoms with E-state index in [-0.39, 0.29) is 0 Å². The van der Waals surface area contributed by atoms with Gasteiger partial charge in [-0.25, -0.2) is 0 Å². The molecule has 0 amide bonds. The maximum Gasteiger partial charge on any atom is 0.0921 e. The summed E-state index contributed by atoms with van der Waals surface area (Å²) in [7, 11) is 0. The molecular formula is C14H21N3.